The second-order valence-electron chi connectivity index (χ2n) is 5.33. The second kappa shape index (κ2) is 7.07. The average Bonchev–Trinajstić information content (AvgIpc) is 2.50. The number of anilines is 1. The van der Waals surface area contributed by atoms with Crippen LogP contribution >= 0.6 is 11.6 Å². The topological polar surface area (TPSA) is 52.7 Å². The molecule has 1 N–H and O–H groups in total. The normalized spacial score (nSPS) is 17.2. The van der Waals surface area contributed by atoms with Crippen LogP contribution in [0.25, 0.3) is 0 Å². The first-order chi connectivity index (χ1) is 10.4. The molecule has 1 fully saturated rings. The lowest BCUT2D eigenvalue weighted by Gasteiger charge is -2.37. The summed E-state index contributed by atoms with van der Waals surface area (Å²) in [6.07, 6.45) is 0. The molecule has 1 heterocycles. The Balaban J connectivity index is 1.95. The highest BCUT2D eigenvalue weighted by Crippen LogP contribution is 2.20. The largest absolute Gasteiger partial charge is 0.340 e. The van der Waals surface area contributed by atoms with Gasteiger partial charge in [0.15, 0.2) is 0 Å². The smallest absolute Gasteiger partial charge is 0.241 e. The number of rotatable bonds is 3. The van der Waals surface area contributed by atoms with Crippen molar-refractivity contribution in [2.24, 2.45) is 0 Å². The van der Waals surface area contributed by atoms with Gasteiger partial charge >= 0.3 is 0 Å². The molecule has 0 spiro atoms. The van der Waals surface area contributed by atoms with Crippen LogP contribution in [0.3, 0.4) is 0 Å². The number of carbonyl (C=O) groups is 2. The first-order valence-corrected chi connectivity index (χ1v) is 7.51. The molecule has 5 nitrogen and oxygen atoms in total. The molecule has 1 saturated heterocycles. The van der Waals surface area contributed by atoms with Crippen molar-refractivity contribution >= 4 is 29.1 Å². The van der Waals surface area contributed by atoms with Crippen LogP contribution in [0.2, 0.25) is 5.02 Å². The van der Waals surface area contributed by atoms with E-state index >= 15 is 0 Å². The molecule has 22 heavy (non-hydrogen) atoms. The number of hydrogen-bond acceptors (Lipinski definition) is 3. The summed E-state index contributed by atoms with van der Waals surface area (Å²) in [6, 6.07) is 3.62. The molecule has 1 aliphatic heterocycles. The van der Waals surface area contributed by atoms with Gasteiger partial charge in [-0.1, -0.05) is 11.6 Å². The fourth-order valence-electron chi connectivity index (χ4n) is 2.42. The quantitative estimate of drug-likeness (QED) is 0.923. The van der Waals surface area contributed by atoms with Crippen LogP contribution in [0.4, 0.5) is 10.1 Å². The van der Waals surface area contributed by atoms with Crippen molar-refractivity contribution in [2.45, 2.75) is 19.9 Å². The van der Waals surface area contributed by atoms with Crippen LogP contribution < -0.4 is 5.32 Å². The fraction of sp³-hybridized carbons (Fsp3) is 0.467. The van der Waals surface area contributed by atoms with Gasteiger partial charge in [0, 0.05) is 38.1 Å². The maximum Gasteiger partial charge on any atom is 0.241 e. The Kier molecular flexibility index (Phi) is 5.37. The maximum absolute atomic E-state index is 13.6. The Morgan fingerprint density at radius 3 is 2.50 bits per heavy atom. The number of carbonyl (C=O) groups excluding carboxylic acids is 2. The van der Waals surface area contributed by atoms with Gasteiger partial charge in [0.1, 0.15) is 5.82 Å². The Bertz CT molecular complexity index is 574. The van der Waals surface area contributed by atoms with E-state index in [1.807, 2.05) is 4.90 Å². The van der Waals surface area contributed by atoms with Crippen molar-refractivity contribution in [3.05, 3.63) is 29.0 Å². The summed E-state index contributed by atoms with van der Waals surface area (Å²) in [4.78, 5) is 27.3. The number of hydrogen-bond donors (Lipinski definition) is 1. The van der Waals surface area contributed by atoms with Crippen LogP contribution in [0.5, 0.6) is 0 Å². The molecule has 1 aromatic rings. The highest BCUT2D eigenvalue weighted by molar-refractivity contribution is 6.30. The zero-order valence-corrected chi connectivity index (χ0v) is 13.4. The number of nitrogens with zero attached hydrogens (tertiary/aromatic N) is 2. The van der Waals surface area contributed by atoms with Crippen molar-refractivity contribution in [3.63, 3.8) is 0 Å². The van der Waals surface area contributed by atoms with Crippen molar-refractivity contribution in [1.82, 2.24) is 9.80 Å². The van der Waals surface area contributed by atoms with Crippen molar-refractivity contribution < 1.29 is 14.0 Å². The summed E-state index contributed by atoms with van der Waals surface area (Å²) in [5.41, 5.74) is 0.0757. The molecule has 1 aromatic carbocycles. The van der Waals surface area contributed by atoms with Gasteiger partial charge in [0.2, 0.25) is 11.8 Å². The zero-order chi connectivity index (χ0) is 16.3. The van der Waals surface area contributed by atoms with Gasteiger partial charge in [0.25, 0.3) is 0 Å². The van der Waals surface area contributed by atoms with E-state index in [1.165, 1.54) is 25.1 Å². The molecule has 0 saturated carbocycles. The van der Waals surface area contributed by atoms with E-state index in [4.69, 9.17) is 11.6 Å². The van der Waals surface area contributed by atoms with E-state index in [9.17, 15) is 14.0 Å². The van der Waals surface area contributed by atoms with Gasteiger partial charge in [-0.25, -0.2) is 4.39 Å². The standard InChI is InChI=1S/C15H19ClFN3O2/c1-10(19-5-7-20(8-6-19)11(2)21)15(22)18-14-9-12(16)3-4-13(14)17/h3-4,9-10H,5-8H2,1-2H3,(H,18,22). The van der Waals surface area contributed by atoms with E-state index in [1.54, 1.807) is 11.8 Å². The second-order valence-corrected chi connectivity index (χ2v) is 5.77. The molecular weight excluding hydrogens is 309 g/mol. The highest BCUT2D eigenvalue weighted by atomic mass is 35.5. The SMILES string of the molecule is CC(=O)N1CCN(C(C)C(=O)Nc2cc(Cl)ccc2F)CC1. The Morgan fingerprint density at radius 2 is 1.91 bits per heavy atom. The number of piperazine rings is 1. The van der Waals surface area contributed by atoms with Crippen molar-refractivity contribution in [3.8, 4) is 0 Å². The summed E-state index contributed by atoms with van der Waals surface area (Å²) in [5, 5.41) is 2.92. The lowest BCUT2D eigenvalue weighted by Crippen LogP contribution is -2.53. The number of benzene rings is 1. The Labute approximate surface area is 134 Å². The Morgan fingerprint density at radius 1 is 1.27 bits per heavy atom. The van der Waals surface area contributed by atoms with Crippen LogP contribution in [0, 0.1) is 5.82 Å². The summed E-state index contributed by atoms with van der Waals surface area (Å²) in [6.45, 7) is 5.73. The third-order valence-corrected chi connectivity index (χ3v) is 4.11. The highest BCUT2D eigenvalue weighted by Gasteiger charge is 2.26. The van der Waals surface area contributed by atoms with Crippen LogP contribution in [-0.4, -0.2) is 53.8 Å². The molecule has 0 radical (unpaired) electrons. The first-order valence-electron chi connectivity index (χ1n) is 7.14. The third kappa shape index (κ3) is 3.96. The van der Waals surface area contributed by atoms with E-state index in [0.717, 1.165) is 0 Å². The van der Waals surface area contributed by atoms with Gasteiger partial charge in [0.05, 0.1) is 11.7 Å². The van der Waals surface area contributed by atoms with Crippen molar-refractivity contribution in [1.29, 1.82) is 0 Å². The molecular formula is C15H19ClFN3O2. The monoisotopic (exact) mass is 327 g/mol. The molecule has 0 aliphatic carbocycles. The van der Waals surface area contributed by atoms with Gasteiger partial charge in [-0.2, -0.15) is 0 Å². The lowest BCUT2D eigenvalue weighted by molar-refractivity contribution is -0.131. The van der Waals surface area contributed by atoms with Gasteiger partial charge in [-0.15, -0.1) is 0 Å². The molecule has 1 aliphatic rings. The number of amides is 2. The molecule has 1 unspecified atom stereocenters. The summed E-state index contributed by atoms with van der Waals surface area (Å²) >= 11 is 5.81. The molecule has 7 heteroatoms. The molecule has 0 aromatic heterocycles. The van der Waals surface area contributed by atoms with Gasteiger partial charge in [-0.05, 0) is 25.1 Å². The minimum absolute atomic E-state index is 0.0396. The summed E-state index contributed by atoms with van der Waals surface area (Å²) in [5.74, 6) is -0.776. The van der Waals surface area contributed by atoms with E-state index < -0.39 is 11.9 Å². The Hall–Kier alpha value is -1.66. The predicted octanol–water partition coefficient (Wildman–Crippen LogP) is 1.97. The first kappa shape index (κ1) is 16.7. The average molecular weight is 328 g/mol. The minimum atomic E-state index is -0.522. The number of nitrogens with one attached hydrogen (secondary N) is 1. The minimum Gasteiger partial charge on any atom is -0.340 e. The van der Waals surface area contributed by atoms with E-state index in [2.05, 4.69) is 5.32 Å². The van der Waals surface area contributed by atoms with E-state index in [0.29, 0.717) is 31.2 Å². The van der Waals surface area contributed by atoms with Gasteiger partial charge in [-0.3, -0.25) is 14.5 Å². The van der Waals surface area contributed by atoms with Crippen molar-refractivity contribution in [2.75, 3.05) is 31.5 Å². The molecule has 120 valence electrons. The van der Waals surface area contributed by atoms with Crippen LogP contribution in [0.15, 0.2) is 18.2 Å². The summed E-state index contributed by atoms with van der Waals surface area (Å²) in [7, 11) is 0. The lowest BCUT2D eigenvalue weighted by atomic mass is 10.2. The van der Waals surface area contributed by atoms with E-state index in [-0.39, 0.29) is 17.5 Å². The van der Waals surface area contributed by atoms with Crippen LogP contribution in [0.1, 0.15) is 13.8 Å². The van der Waals surface area contributed by atoms with Gasteiger partial charge < -0.3 is 10.2 Å². The molecule has 1 atom stereocenters. The fourth-order valence-corrected chi connectivity index (χ4v) is 2.59. The molecule has 2 amide bonds. The number of halogens is 2. The molecule has 0 bridgehead atoms. The predicted molar refractivity (Wildman–Crippen MR) is 83.3 cm³/mol. The van der Waals surface area contributed by atoms with Crippen LogP contribution in [-0.2, 0) is 9.59 Å². The maximum atomic E-state index is 13.6. The third-order valence-electron chi connectivity index (χ3n) is 3.87. The summed E-state index contributed by atoms with van der Waals surface area (Å²) < 4.78 is 13.6. The molecule has 2 rings (SSSR count). The zero-order valence-electron chi connectivity index (χ0n) is 12.6.